The molecule has 0 aromatic heterocycles. The van der Waals surface area contributed by atoms with Gasteiger partial charge in [-0.3, -0.25) is 14.1 Å². The molecule has 2 aliphatic rings. The van der Waals surface area contributed by atoms with Gasteiger partial charge in [0.2, 0.25) is 5.69 Å². The minimum absolute atomic E-state index is 0.0820. The maximum atomic E-state index is 12.0. The molecule has 2 aromatic rings. The van der Waals surface area contributed by atoms with Gasteiger partial charge in [-0.25, -0.2) is 10.2 Å². The Morgan fingerprint density at radius 1 is 0.915 bits per heavy atom. The summed E-state index contributed by atoms with van der Waals surface area (Å²) >= 11 is 0.873. The quantitative estimate of drug-likeness (QED) is 0.0369. The van der Waals surface area contributed by atoms with E-state index >= 15 is 0 Å². The van der Waals surface area contributed by atoms with E-state index < -0.39 is 32.9 Å². The number of aliphatic carboxylic acids is 2. The van der Waals surface area contributed by atoms with Crippen LogP contribution < -0.4 is 10.3 Å². The Morgan fingerprint density at radius 3 is 2.19 bits per heavy atom. The lowest BCUT2D eigenvalue weighted by Gasteiger charge is -2.27. The highest BCUT2D eigenvalue weighted by atomic mass is 32.2. The van der Waals surface area contributed by atoms with Gasteiger partial charge in [0.25, 0.3) is 10.1 Å². The zero-order valence-electron chi connectivity index (χ0n) is 26.3. The van der Waals surface area contributed by atoms with Crippen molar-refractivity contribution in [2.75, 3.05) is 5.32 Å². The van der Waals surface area contributed by atoms with Gasteiger partial charge in [0.05, 0.1) is 22.4 Å². The normalized spacial score (nSPS) is 21.1. The van der Waals surface area contributed by atoms with Crippen LogP contribution in [0.3, 0.4) is 0 Å². The molecule has 4 rings (SSSR count). The molecule has 2 aromatic carbocycles. The highest BCUT2D eigenvalue weighted by Gasteiger charge is 2.44. The zero-order valence-corrected chi connectivity index (χ0v) is 28.0. The van der Waals surface area contributed by atoms with E-state index in [1.807, 2.05) is 43.4 Å². The lowest BCUT2D eigenvalue weighted by Crippen LogP contribution is -2.65. The molecular formula is C33H41N2O10S2+. The average Bonchev–Trinajstić information content (AvgIpc) is 3.44. The Balaban J connectivity index is 1.62. The summed E-state index contributed by atoms with van der Waals surface area (Å²) in [5, 5.41) is 33.9. The number of rotatable bonds is 18. The Morgan fingerprint density at radius 2 is 1.57 bits per heavy atom. The van der Waals surface area contributed by atoms with Crippen LogP contribution in [0.4, 0.5) is 11.4 Å². The second kappa shape index (κ2) is 15.6. The number of unbranched alkanes of at least 4 members (excludes halogenated alkanes) is 4. The molecule has 0 saturated carbocycles. The van der Waals surface area contributed by atoms with Crippen LogP contribution >= 0.6 is 12.0 Å². The molecule has 0 saturated heterocycles. The fraction of sp³-hybridized carbons (Fsp3) is 0.424. The number of fused-ring (bicyclic) bond motifs is 2. The largest absolute Gasteiger partial charge is 0.481 e. The topological polar surface area (TPSA) is 194 Å². The van der Waals surface area contributed by atoms with Crippen LogP contribution in [0.5, 0.6) is 0 Å². The number of anilines is 1. The lowest BCUT2D eigenvalue weighted by atomic mass is 9.75. The van der Waals surface area contributed by atoms with Crippen molar-refractivity contribution in [2.24, 2.45) is 0 Å². The summed E-state index contributed by atoms with van der Waals surface area (Å²) in [7, 11) is -4.42. The number of hydrogen-bond acceptors (Lipinski definition) is 9. The van der Waals surface area contributed by atoms with Crippen molar-refractivity contribution in [3.63, 3.8) is 0 Å². The molecule has 0 radical (unpaired) electrons. The van der Waals surface area contributed by atoms with Crippen LogP contribution in [-0.2, 0) is 39.9 Å². The number of nitrogens with one attached hydrogen (secondary N) is 2. The molecule has 14 heteroatoms. The van der Waals surface area contributed by atoms with E-state index in [1.54, 1.807) is 6.07 Å². The SMILES string of the molecule is CC1(CCCCCC(=O)O)C(/C=C/C=C2\Nc3ccc(S(=O)(=O)O)cc3C2(C)CCCCCC(=O)O)=[NH+]c2ccc(SOOO)cc21. The summed E-state index contributed by atoms with van der Waals surface area (Å²) < 4.78 is 38.3. The van der Waals surface area contributed by atoms with Gasteiger partial charge in [0.1, 0.15) is 0 Å². The van der Waals surface area contributed by atoms with Crippen LogP contribution in [-0.4, -0.2) is 46.1 Å². The van der Waals surface area contributed by atoms with Gasteiger partial charge < -0.3 is 15.5 Å². The average molecular weight is 690 g/mol. The van der Waals surface area contributed by atoms with Crippen LogP contribution in [0.1, 0.15) is 89.2 Å². The molecule has 2 atom stereocenters. The van der Waals surface area contributed by atoms with Gasteiger partial charge in [-0.15, -0.1) is 4.33 Å². The fourth-order valence-electron chi connectivity index (χ4n) is 6.39. The summed E-state index contributed by atoms with van der Waals surface area (Å²) in [4.78, 5) is 26.0. The Kier molecular flexibility index (Phi) is 12.0. The molecule has 12 nitrogen and oxygen atoms in total. The third-order valence-electron chi connectivity index (χ3n) is 9.02. The second-order valence-corrected chi connectivity index (χ2v) is 14.5. The van der Waals surface area contributed by atoms with E-state index in [-0.39, 0.29) is 17.7 Å². The minimum atomic E-state index is -4.42. The molecule has 6 N–H and O–H groups in total. The van der Waals surface area contributed by atoms with E-state index in [0.717, 1.165) is 70.1 Å². The zero-order chi connectivity index (χ0) is 34.2. The molecule has 0 bridgehead atoms. The number of carboxylic acid groups (broad SMARTS) is 2. The first-order valence-electron chi connectivity index (χ1n) is 15.4. The summed E-state index contributed by atoms with van der Waals surface area (Å²) in [5.74, 6) is -1.66. The summed E-state index contributed by atoms with van der Waals surface area (Å²) in [6.45, 7) is 4.13. The molecule has 2 unspecified atom stereocenters. The lowest BCUT2D eigenvalue weighted by molar-refractivity contribution is -0.432. The van der Waals surface area contributed by atoms with Gasteiger partial charge >= 0.3 is 11.9 Å². The highest BCUT2D eigenvalue weighted by Crippen LogP contribution is 2.48. The number of benzene rings is 2. The smallest absolute Gasteiger partial charge is 0.303 e. The van der Waals surface area contributed by atoms with E-state index in [1.165, 1.54) is 12.1 Å². The van der Waals surface area contributed by atoms with Crippen LogP contribution in [0, 0.1) is 0 Å². The molecule has 2 aliphatic heterocycles. The fourth-order valence-corrected chi connectivity index (χ4v) is 7.30. The third-order valence-corrected chi connectivity index (χ3v) is 10.4. The predicted octanol–water partition coefficient (Wildman–Crippen LogP) is 5.68. The van der Waals surface area contributed by atoms with Crippen molar-refractivity contribution < 1.29 is 52.4 Å². The van der Waals surface area contributed by atoms with Gasteiger partial charge in [0, 0.05) is 52.2 Å². The van der Waals surface area contributed by atoms with Crippen molar-refractivity contribution in [2.45, 2.75) is 98.7 Å². The Labute approximate surface area is 278 Å². The summed E-state index contributed by atoms with van der Waals surface area (Å²) in [5.41, 5.74) is 4.08. The predicted molar refractivity (Wildman–Crippen MR) is 176 cm³/mol. The van der Waals surface area contributed by atoms with Crippen LogP contribution in [0.15, 0.2) is 70.1 Å². The van der Waals surface area contributed by atoms with Gasteiger partial charge in [0.15, 0.2) is 5.71 Å². The van der Waals surface area contributed by atoms with Crippen molar-refractivity contribution in [1.82, 2.24) is 0 Å². The monoisotopic (exact) mass is 689 g/mol. The van der Waals surface area contributed by atoms with Crippen molar-refractivity contribution >= 4 is 51.2 Å². The van der Waals surface area contributed by atoms with Crippen LogP contribution in [0.2, 0.25) is 0 Å². The number of hydrogen-bond donors (Lipinski definition) is 6. The number of carbonyl (C=O) groups is 2. The highest BCUT2D eigenvalue weighted by molar-refractivity contribution is 7.94. The summed E-state index contributed by atoms with van der Waals surface area (Å²) in [6, 6.07) is 10.2. The van der Waals surface area contributed by atoms with Crippen molar-refractivity contribution in [3.05, 3.63) is 71.5 Å². The molecule has 0 fully saturated rings. The second-order valence-electron chi connectivity index (χ2n) is 12.3. The first-order chi connectivity index (χ1) is 22.3. The number of carboxylic acids is 2. The maximum Gasteiger partial charge on any atom is 0.303 e. The summed E-state index contributed by atoms with van der Waals surface area (Å²) in [6.07, 6.45) is 11.5. The maximum absolute atomic E-state index is 12.0. The number of allylic oxidation sites excluding steroid dienone is 4. The molecular weight excluding hydrogens is 649 g/mol. The third kappa shape index (κ3) is 8.89. The molecule has 0 aliphatic carbocycles. The first-order valence-corrected chi connectivity index (χ1v) is 17.6. The Hall–Kier alpha value is -3.53. The first kappa shape index (κ1) is 36.3. The van der Waals surface area contributed by atoms with Crippen molar-refractivity contribution in [3.8, 4) is 0 Å². The van der Waals surface area contributed by atoms with E-state index in [9.17, 15) is 22.6 Å². The minimum Gasteiger partial charge on any atom is -0.481 e. The van der Waals surface area contributed by atoms with E-state index in [4.69, 9.17) is 15.5 Å². The standard InChI is InChI=1S/C33H40N2O10S2/c1-32(18-7-3-5-12-30(36)37)24-20-22(46-45-44-40)14-16-26(24)34-28(32)10-9-11-29-33(2,19-8-4-6-13-31(38)39)25-21-23(47(41,42)43)15-17-27(25)35-29/h9-11,14-17,20-21,35,40H,3-8,12-13,18-19H2,1-2H3,(H,36,37)(H,38,39)(H,41,42,43)/p+1/b10-9+,29-11-. The van der Waals surface area contributed by atoms with E-state index in [2.05, 4.69) is 26.6 Å². The molecule has 47 heavy (non-hydrogen) atoms. The molecule has 254 valence electrons. The van der Waals surface area contributed by atoms with Gasteiger partial charge in [-0.05, 0) is 81.5 Å². The molecule has 2 heterocycles. The molecule has 0 amide bonds. The van der Waals surface area contributed by atoms with Crippen molar-refractivity contribution in [1.29, 1.82) is 0 Å². The molecule has 0 spiro atoms. The van der Waals surface area contributed by atoms with E-state index in [0.29, 0.717) is 32.1 Å². The van der Waals surface area contributed by atoms with Gasteiger partial charge in [-0.2, -0.15) is 8.42 Å². The Bertz CT molecular complexity index is 1690. The van der Waals surface area contributed by atoms with Gasteiger partial charge in [-0.1, -0.05) is 36.8 Å². The van der Waals surface area contributed by atoms with Crippen LogP contribution in [0.25, 0.3) is 0 Å².